The molecule has 98 valence electrons. The average Bonchev–Trinajstić information content (AvgIpc) is 2.69. The maximum atomic E-state index is 11.0. The van der Waals surface area contributed by atoms with Gasteiger partial charge in [0.25, 0.3) is 0 Å². The van der Waals surface area contributed by atoms with E-state index in [0.717, 1.165) is 13.0 Å². The van der Waals surface area contributed by atoms with Gasteiger partial charge in [-0.05, 0) is 24.6 Å². The van der Waals surface area contributed by atoms with Crippen molar-refractivity contribution >= 4 is 11.7 Å². The minimum absolute atomic E-state index is 0.352. The summed E-state index contributed by atoms with van der Waals surface area (Å²) in [6, 6.07) is 8.23. The fourth-order valence-electron chi connectivity index (χ4n) is 2.61. The number of nitrogens with two attached hydrogens (primary N) is 1. The van der Waals surface area contributed by atoms with Crippen LogP contribution in [0.1, 0.15) is 24.8 Å². The number of carbonyl (C=O) groups is 1. The van der Waals surface area contributed by atoms with Gasteiger partial charge in [0, 0.05) is 24.7 Å². The summed E-state index contributed by atoms with van der Waals surface area (Å²) in [4.78, 5) is 13.1. The van der Waals surface area contributed by atoms with Crippen LogP contribution in [0.15, 0.2) is 24.3 Å². The van der Waals surface area contributed by atoms with E-state index in [1.807, 2.05) is 12.1 Å². The molecule has 1 aromatic carbocycles. The summed E-state index contributed by atoms with van der Waals surface area (Å²) >= 11 is 0. The van der Waals surface area contributed by atoms with Crippen molar-refractivity contribution in [3.63, 3.8) is 0 Å². The average molecular weight is 248 g/mol. The summed E-state index contributed by atoms with van der Waals surface area (Å²) in [6.45, 7) is 3.87. The lowest BCUT2D eigenvalue weighted by Gasteiger charge is -2.22. The SMILES string of the molecule is CC(CN1CC(CCN)c2ccccc21)C(=O)O. The highest BCUT2D eigenvalue weighted by Gasteiger charge is 2.29. The van der Waals surface area contributed by atoms with E-state index in [4.69, 9.17) is 10.8 Å². The Bertz CT molecular complexity index is 434. The van der Waals surface area contributed by atoms with Crippen LogP contribution in [0.25, 0.3) is 0 Å². The Morgan fingerprint density at radius 3 is 2.94 bits per heavy atom. The van der Waals surface area contributed by atoms with E-state index in [9.17, 15) is 4.79 Å². The zero-order valence-electron chi connectivity index (χ0n) is 10.7. The molecular weight excluding hydrogens is 228 g/mol. The number of benzene rings is 1. The first-order valence-electron chi connectivity index (χ1n) is 6.40. The van der Waals surface area contributed by atoms with E-state index in [2.05, 4.69) is 17.0 Å². The highest BCUT2D eigenvalue weighted by molar-refractivity contribution is 5.71. The second kappa shape index (κ2) is 5.40. The van der Waals surface area contributed by atoms with Crippen molar-refractivity contribution in [2.45, 2.75) is 19.3 Å². The van der Waals surface area contributed by atoms with E-state index >= 15 is 0 Å². The molecule has 1 aromatic rings. The fourth-order valence-corrected chi connectivity index (χ4v) is 2.61. The van der Waals surface area contributed by atoms with Gasteiger partial charge in [0.1, 0.15) is 0 Å². The number of fused-ring (bicyclic) bond motifs is 1. The Hall–Kier alpha value is -1.55. The second-order valence-corrected chi connectivity index (χ2v) is 4.98. The second-order valence-electron chi connectivity index (χ2n) is 4.98. The van der Waals surface area contributed by atoms with Crippen LogP contribution in [0.2, 0.25) is 0 Å². The lowest BCUT2D eigenvalue weighted by atomic mass is 9.98. The van der Waals surface area contributed by atoms with Crippen LogP contribution in [0.5, 0.6) is 0 Å². The van der Waals surface area contributed by atoms with Gasteiger partial charge in [0.15, 0.2) is 0 Å². The number of para-hydroxylation sites is 1. The third-order valence-corrected chi connectivity index (χ3v) is 3.59. The Kier molecular flexibility index (Phi) is 3.87. The molecule has 0 aliphatic carbocycles. The molecule has 0 radical (unpaired) electrons. The van der Waals surface area contributed by atoms with Gasteiger partial charge in [-0.25, -0.2) is 0 Å². The molecule has 0 saturated carbocycles. The van der Waals surface area contributed by atoms with Crippen LogP contribution in [0, 0.1) is 5.92 Å². The van der Waals surface area contributed by atoms with E-state index in [-0.39, 0.29) is 5.92 Å². The molecule has 4 heteroatoms. The van der Waals surface area contributed by atoms with Crippen molar-refractivity contribution in [1.82, 2.24) is 0 Å². The van der Waals surface area contributed by atoms with Crippen molar-refractivity contribution in [3.8, 4) is 0 Å². The van der Waals surface area contributed by atoms with Crippen molar-refractivity contribution in [2.75, 3.05) is 24.5 Å². The first-order chi connectivity index (χ1) is 8.63. The summed E-state index contributed by atoms with van der Waals surface area (Å²) in [6.07, 6.45) is 0.953. The number of nitrogens with zero attached hydrogens (tertiary/aromatic N) is 1. The van der Waals surface area contributed by atoms with Crippen molar-refractivity contribution in [3.05, 3.63) is 29.8 Å². The minimum atomic E-state index is -0.741. The van der Waals surface area contributed by atoms with Crippen LogP contribution >= 0.6 is 0 Å². The van der Waals surface area contributed by atoms with Crippen LogP contribution in [-0.4, -0.2) is 30.7 Å². The van der Waals surface area contributed by atoms with Gasteiger partial charge in [-0.2, -0.15) is 0 Å². The van der Waals surface area contributed by atoms with Gasteiger partial charge < -0.3 is 15.7 Å². The predicted octanol–water partition coefficient (Wildman–Crippen LogP) is 1.66. The largest absolute Gasteiger partial charge is 0.481 e. The van der Waals surface area contributed by atoms with Crippen LogP contribution < -0.4 is 10.6 Å². The van der Waals surface area contributed by atoms with E-state index < -0.39 is 5.97 Å². The zero-order valence-corrected chi connectivity index (χ0v) is 10.7. The van der Waals surface area contributed by atoms with Crippen LogP contribution in [-0.2, 0) is 4.79 Å². The van der Waals surface area contributed by atoms with Crippen LogP contribution in [0.4, 0.5) is 5.69 Å². The fraction of sp³-hybridized carbons (Fsp3) is 0.500. The van der Waals surface area contributed by atoms with Gasteiger partial charge in [-0.1, -0.05) is 25.1 Å². The number of carboxylic acid groups (broad SMARTS) is 1. The van der Waals surface area contributed by atoms with Crippen molar-refractivity contribution < 1.29 is 9.90 Å². The number of anilines is 1. The molecule has 4 nitrogen and oxygen atoms in total. The van der Waals surface area contributed by atoms with Gasteiger partial charge in [-0.15, -0.1) is 0 Å². The maximum Gasteiger partial charge on any atom is 0.308 e. The zero-order chi connectivity index (χ0) is 13.1. The van der Waals surface area contributed by atoms with Crippen LogP contribution in [0.3, 0.4) is 0 Å². The lowest BCUT2D eigenvalue weighted by Crippen LogP contribution is -2.31. The number of aliphatic carboxylic acids is 1. The molecule has 0 saturated heterocycles. The molecule has 0 spiro atoms. The molecule has 2 rings (SSSR count). The smallest absolute Gasteiger partial charge is 0.308 e. The number of rotatable bonds is 5. The Labute approximate surface area is 107 Å². The predicted molar refractivity (Wildman–Crippen MR) is 71.9 cm³/mol. The molecule has 0 bridgehead atoms. The molecule has 0 amide bonds. The van der Waals surface area contributed by atoms with E-state index in [1.54, 1.807) is 6.92 Å². The van der Waals surface area contributed by atoms with Crippen molar-refractivity contribution in [2.24, 2.45) is 11.7 Å². The molecule has 18 heavy (non-hydrogen) atoms. The molecule has 1 heterocycles. The summed E-state index contributed by atoms with van der Waals surface area (Å²) in [5.74, 6) is -0.656. The Morgan fingerprint density at radius 1 is 1.56 bits per heavy atom. The highest BCUT2D eigenvalue weighted by Crippen LogP contribution is 2.37. The Morgan fingerprint density at radius 2 is 2.28 bits per heavy atom. The molecule has 1 aliphatic heterocycles. The molecule has 2 unspecified atom stereocenters. The molecular formula is C14H20N2O2. The molecule has 0 aromatic heterocycles. The monoisotopic (exact) mass is 248 g/mol. The number of hydrogen-bond acceptors (Lipinski definition) is 3. The van der Waals surface area contributed by atoms with Gasteiger partial charge in [0.05, 0.1) is 5.92 Å². The highest BCUT2D eigenvalue weighted by atomic mass is 16.4. The van der Waals surface area contributed by atoms with E-state index in [1.165, 1.54) is 11.3 Å². The number of hydrogen-bond donors (Lipinski definition) is 2. The normalized spacial score (nSPS) is 19.7. The molecule has 0 fully saturated rings. The summed E-state index contributed by atoms with van der Waals surface area (Å²) in [7, 11) is 0. The lowest BCUT2D eigenvalue weighted by molar-refractivity contribution is -0.140. The summed E-state index contributed by atoms with van der Waals surface area (Å²) < 4.78 is 0. The minimum Gasteiger partial charge on any atom is -0.481 e. The van der Waals surface area contributed by atoms with Gasteiger partial charge in [-0.3, -0.25) is 4.79 Å². The third-order valence-electron chi connectivity index (χ3n) is 3.59. The third kappa shape index (κ3) is 2.48. The molecule has 2 atom stereocenters. The first kappa shape index (κ1) is 12.9. The summed E-state index contributed by atoms with van der Waals surface area (Å²) in [5, 5.41) is 9.01. The first-order valence-corrected chi connectivity index (χ1v) is 6.40. The standard InChI is InChI=1S/C14H20N2O2/c1-10(14(17)18)8-16-9-11(6-7-15)12-4-2-3-5-13(12)16/h2-5,10-11H,6-9,15H2,1H3,(H,17,18). The molecule has 1 aliphatic rings. The van der Waals surface area contributed by atoms with E-state index in [0.29, 0.717) is 19.0 Å². The van der Waals surface area contributed by atoms with Gasteiger partial charge >= 0.3 is 5.97 Å². The topological polar surface area (TPSA) is 66.6 Å². The van der Waals surface area contributed by atoms with Crippen molar-refractivity contribution in [1.29, 1.82) is 0 Å². The quantitative estimate of drug-likeness (QED) is 0.831. The summed E-state index contributed by atoms with van der Waals surface area (Å²) in [5.41, 5.74) is 8.12. The number of carboxylic acids is 1. The maximum absolute atomic E-state index is 11.0. The van der Waals surface area contributed by atoms with Gasteiger partial charge in [0.2, 0.25) is 0 Å². The Balaban J connectivity index is 2.17. The molecule has 3 N–H and O–H groups in total.